The average molecular weight is 597 g/mol. The van der Waals surface area contributed by atoms with Gasteiger partial charge in [0.25, 0.3) is 7.44 Å². The minimum atomic E-state index is -4.04. The van der Waals surface area contributed by atoms with Crippen molar-refractivity contribution in [3.8, 4) is 11.5 Å². The molecule has 220 valence electrons. The molecule has 0 radical (unpaired) electrons. The highest BCUT2D eigenvalue weighted by molar-refractivity contribution is 7.67. The SMILES string of the molecule is CCOC(=O)c1sc(N)nc1-c1ccc(P(=O)(NC2(C(=O)OCC)CCCC2)NC2(C(=O)OCC)CCCC2)o1. The number of nitrogens with one attached hydrogen (secondary N) is 2. The third-order valence-electron chi connectivity index (χ3n) is 7.23. The van der Waals surface area contributed by atoms with Crippen LogP contribution in [0, 0.1) is 0 Å². The normalized spacial score (nSPS) is 18.0. The molecule has 0 amide bonds. The number of aromatic nitrogens is 1. The molecule has 0 unspecified atom stereocenters. The van der Waals surface area contributed by atoms with Crippen molar-refractivity contribution in [3.63, 3.8) is 0 Å². The first-order chi connectivity index (χ1) is 19.1. The first kappa shape index (κ1) is 30.2. The van der Waals surface area contributed by atoms with E-state index in [2.05, 4.69) is 15.2 Å². The summed E-state index contributed by atoms with van der Waals surface area (Å²) in [6.07, 6.45) is 4.58. The fourth-order valence-electron chi connectivity index (χ4n) is 5.42. The van der Waals surface area contributed by atoms with Crippen LogP contribution >= 0.6 is 18.8 Å². The van der Waals surface area contributed by atoms with E-state index in [4.69, 9.17) is 24.4 Å². The lowest BCUT2D eigenvalue weighted by atomic mass is 10.00. The summed E-state index contributed by atoms with van der Waals surface area (Å²) in [4.78, 5) is 43.4. The third-order valence-corrected chi connectivity index (χ3v) is 10.4. The van der Waals surface area contributed by atoms with E-state index in [1.54, 1.807) is 20.8 Å². The molecule has 4 N–H and O–H groups in total. The molecule has 4 rings (SSSR count). The quantitative estimate of drug-likeness (QED) is 0.183. The Morgan fingerprint density at radius 2 is 1.43 bits per heavy atom. The highest BCUT2D eigenvalue weighted by atomic mass is 32.1. The Labute approximate surface area is 237 Å². The Bertz CT molecular complexity index is 1240. The molecule has 2 aliphatic rings. The van der Waals surface area contributed by atoms with E-state index in [-0.39, 0.29) is 46.8 Å². The largest absolute Gasteiger partial charge is 0.465 e. The molecule has 0 spiro atoms. The second-order valence-corrected chi connectivity index (χ2v) is 13.1. The molecule has 2 heterocycles. The lowest BCUT2D eigenvalue weighted by Gasteiger charge is -2.37. The zero-order valence-electron chi connectivity index (χ0n) is 23.1. The summed E-state index contributed by atoms with van der Waals surface area (Å²) in [6, 6.07) is 3.02. The molecule has 2 aromatic heterocycles. The summed E-state index contributed by atoms with van der Waals surface area (Å²) in [6.45, 7) is 5.61. The van der Waals surface area contributed by atoms with Gasteiger partial charge >= 0.3 is 17.9 Å². The number of anilines is 1. The summed E-state index contributed by atoms with van der Waals surface area (Å²) in [5.74, 6) is -1.48. The number of nitrogens with zero attached hydrogens (tertiary/aromatic N) is 1. The summed E-state index contributed by atoms with van der Waals surface area (Å²) in [5.41, 5.74) is 3.55. The monoisotopic (exact) mass is 596 g/mol. The molecule has 12 nitrogen and oxygen atoms in total. The number of hydrogen-bond donors (Lipinski definition) is 3. The summed E-state index contributed by atoms with van der Waals surface area (Å²) >= 11 is 0.953. The molecule has 40 heavy (non-hydrogen) atoms. The van der Waals surface area contributed by atoms with Crippen LogP contribution in [0.15, 0.2) is 16.5 Å². The number of carbonyl (C=O) groups excluding carboxylic acids is 3. The van der Waals surface area contributed by atoms with Crippen molar-refractivity contribution >= 4 is 47.3 Å². The molecule has 2 aromatic rings. The van der Waals surface area contributed by atoms with Crippen LogP contribution in [0.4, 0.5) is 5.13 Å². The Balaban J connectivity index is 1.79. The first-order valence-corrected chi connectivity index (χ1v) is 16.2. The fraction of sp³-hybridized carbons (Fsp3) is 0.615. The van der Waals surface area contributed by atoms with E-state index in [0.717, 1.165) is 37.0 Å². The van der Waals surface area contributed by atoms with Crippen LogP contribution in [-0.2, 0) is 28.4 Å². The number of esters is 3. The Morgan fingerprint density at radius 1 is 0.925 bits per heavy atom. The summed E-state index contributed by atoms with van der Waals surface area (Å²) in [7, 11) is -4.04. The van der Waals surface area contributed by atoms with Gasteiger partial charge in [-0.1, -0.05) is 37.0 Å². The van der Waals surface area contributed by atoms with E-state index >= 15 is 4.57 Å². The van der Waals surface area contributed by atoms with Gasteiger partial charge in [0.2, 0.25) is 0 Å². The average Bonchev–Trinajstić information content (AvgIpc) is 3.72. The van der Waals surface area contributed by atoms with Gasteiger partial charge in [0, 0.05) is 0 Å². The molecular weight excluding hydrogens is 559 g/mol. The second kappa shape index (κ2) is 12.4. The van der Waals surface area contributed by atoms with Gasteiger partial charge in [0.15, 0.2) is 16.4 Å². The molecule has 0 saturated heterocycles. The van der Waals surface area contributed by atoms with Crippen LogP contribution in [-0.4, -0.2) is 53.8 Å². The van der Waals surface area contributed by atoms with Crippen LogP contribution in [0.3, 0.4) is 0 Å². The number of nitrogens with two attached hydrogens (primary N) is 1. The van der Waals surface area contributed by atoms with Crippen molar-refractivity contribution in [1.29, 1.82) is 0 Å². The summed E-state index contributed by atoms with van der Waals surface area (Å²) < 4.78 is 37.1. The number of nitrogen functional groups attached to an aromatic ring is 1. The van der Waals surface area contributed by atoms with Crippen LogP contribution in [0.1, 0.15) is 81.8 Å². The molecule has 2 aliphatic carbocycles. The molecule has 0 aromatic carbocycles. The Kier molecular flexibility index (Phi) is 9.39. The topological polar surface area (TPSA) is 172 Å². The maximum absolute atomic E-state index is 15.1. The van der Waals surface area contributed by atoms with E-state index in [1.807, 2.05) is 0 Å². The number of hydrogen-bond acceptors (Lipinski definition) is 11. The Hall–Kier alpha value is -2.73. The van der Waals surface area contributed by atoms with Crippen molar-refractivity contribution in [2.75, 3.05) is 25.6 Å². The molecule has 2 fully saturated rings. The number of carbonyl (C=O) groups is 3. The molecular formula is C26H37N4O8PS. The molecule has 0 aliphatic heterocycles. The summed E-state index contributed by atoms with van der Waals surface area (Å²) in [5, 5.41) is 6.37. The zero-order valence-corrected chi connectivity index (χ0v) is 24.8. The second-order valence-electron chi connectivity index (χ2n) is 9.94. The minimum absolute atomic E-state index is 0.0324. The van der Waals surface area contributed by atoms with E-state index in [0.29, 0.717) is 25.7 Å². The highest BCUT2D eigenvalue weighted by Crippen LogP contribution is 2.49. The van der Waals surface area contributed by atoms with Crippen molar-refractivity contribution < 1.29 is 37.6 Å². The molecule has 14 heteroatoms. The van der Waals surface area contributed by atoms with Crippen LogP contribution in [0.2, 0.25) is 0 Å². The highest BCUT2D eigenvalue weighted by Gasteiger charge is 2.53. The molecule has 0 atom stereocenters. The zero-order chi connectivity index (χ0) is 29.0. The van der Waals surface area contributed by atoms with Crippen molar-refractivity contribution in [2.24, 2.45) is 0 Å². The smallest absolute Gasteiger partial charge is 0.350 e. The first-order valence-electron chi connectivity index (χ1n) is 13.7. The minimum Gasteiger partial charge on any atom is -0.465 e. The number of thiazole rings is 1. The van der Waals surface area contributed by atoms with Crippen LogP contribution < -0.4 is 21.4 Å². The van der Waals surface area contributed by atoms with E-state index in [9.17, 15) is 14.4 Å². The third kappa shape index (κ3) is 5.97. The fourth-order valence-corrected chi connectivity index (χ4v) is 8.78. The molecule has 0 bridgehead atoms. The van der Waals surface area contributed by atoms with E-state index < -0.39 is 36.4 Å². The van der Waals surface area contributed by atoms with Gasteiger partial charge in [0.05, 0.1) is 19.8 Å². The van der Waals surface area contributed by atoms with Gasteiger partial charge in [-0.25, -0.2) is 20.0 Å². The van der Waals surface area contributed by atoms with E-state index in [1.165, 1.54) is 12.1 Å². The van der Waals surface area contributed by atoms with Gasteiger partial charge in [0.1, 0.15) is 21.6 Å². The lowest BCUT2D eigenvalue weighted by molar-refractivity contribution is -0.150. The standard InChI is InChI=1S/C26H37N4O8PS/c1-4-35-21(31)20-19(28-24(27)40-20)17-11-12-18(38-17)39(34,29-25(13-7-8-14-25)22(32)36-5-2)30-26(15-9-10-16-26)23(33)37-6-3/h11-12H,4-10,13-16H2,1-3H3,(H2,27,28)(H2,29,30,34). The maximum atomic E-state index is 15.1. The predicted octanol–water partition coefficient (Wildman–Crippen LogP) is 3.91. The number of furan rings is 1. The molecule has 2 saturated carbocycles. The Morgan fingerprint density at radius 3 is 1.90 bits per heavy atom. The van der Waals surface area contributed by atoms with Crippen molar-refractivity contribution in [3.05, 3.63) is 17.0 Å². The van der Waals surface area contributed by atoms with Gasteiger partial charge in [-0.3, -0.25) is 14.2 Å². The van der Waals surface area contributed by atoms with Gasteiger partial charge in [-0.2, -0.15) is 0 Å². The number of rotatable bonds is 12. The predicted molar refractivity (Wildman–Crippen MR) is 149 cm³/mol. The van der Waals surface area contributed by atoms with Gasteiger partial charge in [-0.15, -0.1) is 0 Å². The van der Waals surface area contributed by atoms with Crippen molar-refractivity contribution in [1.82, 2.24) is 15.2 Å². The lowest BCUT2D eigenvalue weighted by Crippen LogP contribution is -2.57. The number of ether oxygens (including phenoxy) is 3. The van der Waals surface area contributed by atoms with Crippen LogP contribution in [0.5, 0.6) is 0 Å². The van der Waals surface area contributed by atoms with Gasteiger partial charge in [-0.05, 0) is 58.6 Å². The van der Waals surface area contributed by atoms with Crippen molar-refractivity contribution in [2.45, 2.75) is 83.2 Å². The maximum Gasteiger partial charge on any atom is 0.350 e. The van der Waals surface area contributed by atoms with Crippen LogP contribution in [0.25, 0.3) is 11.5 Å². The van der Waals surface area contributed by atoms with Gasteiger partial charge < -0.3 is 24.4 Å².